The summed E-state index contributed by atoms with van der Waals surface area (Å²) in [5.74, 6) is 3.14. The highest BCUT2D eigenvalue weighted by Gasteiger charge is 2.18. The van der Waals surface area contributed by atoms with Gasteiger partial charge in [0, 0.05) is 5.56 Å². The van der Waals surface area contributed by atoms with E-state index >= 15 is 0 Å². The predicted molar refractivity (Wildman–Crippen MR) is 98.6 cm³/mol. The van der Waals surface area contributed by atoms with Crippen LogP contribution in [0.5, 0.6) is 5.75 Å². The van der Waals surface area contributed by atoms with Gasteiger partial charge in [0.1, 0.15) is 17.3 Å². The molecule has 0 bridgehead atoms. The first-order chi connectivity index (χ1) is 12.7. The lowest BCUT2D eigenvalue weighted by Crippen LogP contribution is -2.03. The minimum Gasteiger partial charge on any atom is -0.497 e. The van der Waals surface area contributed by atoms with Crippen molar-refractivity contribution < 1.29 is 9.15 Å². The third-order valence-electron chi connectivity index (χ3n) is 3.65. The van der Waals surface area contributed by atoms with Crippen molar-refractivity contribution in [2.75, 3.05) is 7.11 Å². The molecule has 3 aromatic heterocycles. The van der Waals surface area contributed by atoms with Crippen LogP contribution in [0.25, 0.3) is 11.4 Å². The van der Waals surface area contributed by atoms with Gasteiger partial charge in [0.2, 0.25) is 0 Å². The van der Waals surface area contributed by atoms with Crippen LogP contribution in [0.2, 0.25) is 0 Å². The monoisotopic (exact) mass is 385 g/mol. The SMILES string of the molecule is COc1ccc(-c2nnc(Sc3nc(C)ns3)n2Cc2ccco2)cc1. The molecular formula is C17H15N5O2S2. The number of benzene rings is 1. The van der Waals surface area contributed by atoms with Crippen LogP contribution < -0.4 is 4.74 Å². The molecule has 0 radical (unpaired) electrons. The van der Waals surface area contributed by atoms with Gasteiger partial charge in [-0.15, -0.1) is 10.2 Å². The second-order valence-corrected chi connectivity index (χ2v) is 7.38. The number of rotatable bonds is 6. The molecular weight excluding hydrogens is 370 g/mol. The van der Waals surface area contributed by atoms with E-state index in [1.165, 1.54) is 23.3 Å². The first kappa shape index (κ1) is 16.8. The minimum atomic E-state index is 0.529. The van der Waals surface area contributed by atoms with E-state index in [0.29, 0.717) is 6.54 Å². The number of hydrogen-bond acceptors (Lipinski definition) is 8. The Kier molecular flexibility index (Phi) is 4.72. The van der Waals surface area contributed by atoms with Crippen LogP contribution in [-0.4, -0.2) is 31.2 Å². The Hall–Kier alpha value is -2.65. The van der Waals surface area contributed by atoms with Crippen LogP contribution in [0.1, 0.15) is 11.6 Å². The van der Waals surface area contributed by atoms with E-state index in [1.807, 2.05) is 47.9 Å². The van der Waals surface area contributed by atoms with Crippen LogP contribution in [0.3, 0.4) is 0 Å². The second kappa shape index (κ2) is 7.30. The van der Waals surface area contributed by atoms with Crippen molar-refractivity contribution in [2.24, 2.45) is 0 Å². The van der Waals surface area contributed by atoms with E-state index in [4.69, 9.17) is 9.15 Å². The average Bonchev–Trinajstić information content (AvgIpc) is 3.39. The van der Waals surface area contributed by atoms with E-state index in [1.54, 1.807) is 13.4 Å². The number of hydrogen-bond donors (Lipinski definition) is 0. The van der Waals surface area contributed by atoms with Crippen molar-refractivity contribution in [3.05, 3.63) is 54.2 Å². The standard InChI is InChI=1S/C17H15N5O2S2/c1-11-18-17(26-21-11)25-16-20-19-15(12-5-7-13(23-2)8-6-12)22(16)10-14-4-3-9-24-14/h3-9H,10H2,1-2H3. The summed E-state index contributed by atoms with van der Waals surface area (Å²) < 4.78 is 17.8. The van der Waals surface area contributed by atoms with E-state index in [0.717, 1.165) is 38.2 Å². The molecule has 4 aromatic rings. The van der Waals surface area contributed by atoms with E-state index < -0.39 is 0 Å². The van der Waals surface area contributed by atoms with Crippen molar-refractivity contribution in [2.45, 2.75) is 23.0 Å². The van der Waals surface area contributed by atoms with Crippen molar-refractivity contribution in [3.8, 4) is 17.1 Å². The van der Waals surface area contributed by atoms with Gasteiger partial charge in [-0.2, -0.15) is 4.37 Å². The lowest BCUT2D eigenvalue weighted by atomic mass is 10.2. The normalized spacial score (nSPS) is 11.0. The molecule has 0 fully saturated rings. The van der Waals surface area contributed by atoms with Crippen molar-refractivity contribution in [3.63, 3.8) is 0 Å². The molecule has 0 aliphatic rings. The zero-order valence-corrected chi connectivity index (χ0v) is 15.8. The first-order valence-electron chi connectivity index (χ1n) is 7.81. The molecule has 0 unspecified atom stereocenters. The molecule has 0 aliphatic carbocycles. The average molecular weight is 385 g/mol. The molecule has 7 nitrogen and oxygen atoms in total. The second-order valence-electron chi connectivity index (χ2n) is 5.41. The molecule has 4 rings (SSSR count). The van der Waals surface area contributed by atoms with Gasteiger partial charge in [-0.25, -0.2) is 4.98 Å². The molecule has 0 saturated heterocycles. The molecule has 0 N–H and O–H groups in total. The number of methoxy groups -OCH3 is 1. The maximum Gasteiger partial charge on any atom is 0.199 e. The highest BCUT2D eigenvalue weighted by atomic mass is 32.2. The molecule has 1 aromatic carbocycles. The zero-order chi connectivity index (χ0) is 17.9. The Morgan fingerprint density at radius 3 is 2.69 bits per heavy atom. The lowest BCUT2D eigenvalue weighted by Gasteiger charge is -2.08. The highest BCUT2D eigenvalue weighted by Crippen LogP contribution is 2.31. The minimum absolute atomic E-state index is 0.529. The van der Waals surface area contributed by atoms with Gasteiger partial charge in [-0.05, 0) is 66.6 Å². The fourth-order valence-corrected chi connectivity index (χ4v) is 4.00. The first-order valence-corrected chi connectivity index (χ1v) is 9.40. The summed E-state index contributed by atoms with van der Waals surface area (Å²) in [7, 11) is 1.65. The number of furan rings is 1. The summed E-state index contributed by atoms with van der Waals surface area (Å²) in [6.07, 6.45) is 1.66. The zero-order valence-electron chi connectivity index (χ0n) is 14.1. The smallest absolute Gasteiger partial charge is 0.199 e. The van der Waals surface area contributed by atoms with E-state index in [2.05, 4.69) is 19.6 Å². The summed E-state index contributed by atoms with van der Waals surface area (Å²) in [4.78, 5) is 4.40. The number of nitrogens with zero attached hydrogens (tertiary/aromatic N) is 5. The Bertz CT molecular complexity index is 993. The Balaban J connectivity index is 1.72. The molecule has 0 amide bonds. The maximum atomic E-state index is 5.51. The molecule has 132 valence electrons. The molecule has 0 saturated carbocycles. The van der Waals surface area contributed by atoms with Crippen molar-refractivity contribution >= 4 is 23.3 Å². The topological polar surface area (TPSA) is 78.9 Å². The van der Waals surface area contributed by atoms with Crippen molar-refractivity contribution in [1.82, 2.24) is 24.1 Å². The summed E-state index contributed by atoms with van der Waals surface area (Å²) in [5, 5.41) is 9.49. The van der Waals surface area contributed by atoms with Gasteiger partial charge in [0.05, 0.1) is 19.9 Å². The molecule has 26 heavy (non-hydrogen) atoms. The van der Waals surface area contributed by atoms with Crippen LogP contribution in [-0.2, 0) is 6.54 Å². The third kappa shape index (κ3) is 3.49. The summed E-state index contributed by atoms with van der Waals surface area (Å²) in [5.41, 5.74) is 0.949. The summed E-state index contributed by atoms with van der Waals surface area (Å²) in [6, 6.07) is 11.5. The van der Waals surface area contributed by atoms with Crippen LogP contribution in [0, 0.1) is 6.92 Å². The molecule has 9 heteroatoms. The summed E-state index contributed by atoms with van der Waals surface area (Å²) >= 11 is 2.80. The van der Waals surface area contributed by atoms with Crippen LogP contribution in [0.4, 0.5) is 0 Å². The summed E-state index contributed by atoms with van der Waals surface area (Å²) in [6.45, 7) is 2.40. The van der Waals surface area contributed by atoms with Gasteiger partial charge >= 0.3 is 0 Å². The Morgan fingerprint density at radius 2 is 2.04 bits per heavy atom. The predicted octanol–water partition coefficient (Wildman–Crippen LogP) is 3.91. The maximum absolute atomic E-state index is 5.51. The quantitative estimate of drug-likeness (QED) is 0.498. The van der Waals surface area contributed by atoms with E-state index in [9.17, 15) is 0 Å². The molecule has 3 heterocycles. The molecule has 0 spiro atoms. The van der Waals surface area contributed by atoms with Gasteiger partial charge < -0.3 is 9.15 Å². The highest BCUT2D eigenvalue weighted by molar-refractivity contribution is 8.00. The van der Waals surface area contributed by atoms with Crippen molar-refractivity contribution in [1.29, 1.82) is 0 Å². The Morgan fingerprint density at radius 1 is 1.19 bits per heavy atom. The lowest BCUT2D eigenvalue weighted by molar-refractivity contribution is 0.415. The Labute approximate surface area is 158 Å². The fourth-order valence-electron chi connectivity index (χ4n) is 2.42. The molecule has 0 atom stereocenters. The number of ether oxygens (including phenoxy) is 1. The van der Waals surface area contributed by atoms with Crippen LogP contribution in [0.15, 0.2) is 56.6 Å². The van der Waals surface area contributed by atoms with Crippen LogP contribution >= 0.6 is 23.3 Å². The third-order valence-corrected chi connectivity index (χ3v) is 5.47. The van der Waals surface area contributed by atoms with Gasteiger partial charge in [-0.3, -0.25) is 4.57 Å². The number of aromatic nitrogens is 5. The fraction of sp³-hybridized carbons (Fsp3) is 0.176. The van der Waals surface area contributed by atoms with E-state index in [-0.39, 0.29) is 0 Å². The molecule has 0 aliphatic heterocycles. The van der Waals surface area contributed by atoms with Gasteiger partial charge in [0.15, 0.2) is 15.3 Å². The van der Waals surface area contributed by atoms with Gasteiger partial charge in [-0.1, -0.05) is 0 Å². The number of aryl methyl sites for hydroxylation is 1. The largest absolute Gasteiger partial charge is 0.497 e. The van der Waals surface area contributed by atoms with Gasteiger partial charge in [0.25, 0.3) is 0 Å².